The lowest BCUT2D eigenvalue weighted by Gasteiger charge is -2.28. The van der Waals surface area contributed by atoms with Crippen LogP contribution < -0.4 is 5.32 Å². The third-order valence-electron chi connectivity index (χ3n) is 4.64. The Kier molecular flexibility index (Phi) is 6.80. The second kappa shape index (κ2) is 8.62. The quantitative estimate of drug-likeness (QED) is 0.706. The predicted octanol–water partition coefficient (Wildman–Crippen LogP) is 3.16. The monoisotopic (exact) mass is 397 g/mol. The average Bonchev–Trinajstić information content (AvgIpc) is 3.01. The summed E-state index contributed by atoms with van der Waals surface area (Å²) in [5.41, 5.74) is -0.0592. The van der Waals surface area contributed by atoms with E-state index in [2.05, 4.69) is 21.2 Å². The van der Waals surface area contributed by atoms with Gasteiger partial charge in [-0.15, -0.1) is 0 Å². The highest BCUT2D eigenvalue weighted by Gasteiger charge is 2.43. The van der Waals surface area contributed by atoms with Crippen LogP contribution in [-0.2, 0) is 20.7 Å². The van der Waals surface area contributed by atoms with E-state index in [4.69, 9.17) is 4.74 Å². The fourth-order valence-electron chi connectivity index (χ4n) is 3.24. The number of hydrogen-bond donors (Lipinski definition) is 2. The van der Waals surface area contributed by atoms with E-state index < -0.39 is 11.5 Å². The van der Waals surface area contributed by atoms with Crippen LogP contribution in [0.1, 0.15) is 37.7 Å². The number of rotatable bonds is 8. The summed E-state index contributed by atoms with van der Waals surface area (Å²) in [6.45, 7) is 0.464. The van der Waals surface area contributed by atoms with Gasteiger partial charge in [0, 0.05) is 24.1 Å². The zero-order chi connectivity index (χ0) is 17.6. The van der Waals surface area contributed by atoms with Gasteiger partial charge in [-0.3, -0.25) is 4.79 Å². The second-order valence-electron chi connectivity index (χ2n) is 6.40. The van der Waals surface area contributed by atoms with Crippen molar-refractivity contribution < 1.29 is 19.4 Å². The van der Waals surface area contributed by atoms with Gasteiger partial charge in [0.25, 0.3) is 0 Å². The Hall–Kier alpha value is -1.40. The van der Waals surface area contributed by atoms with Crippen molar-refractivity contribution in [2.75, 3.05) is 13.7 Å². The fraction of sp³-hybridized carbons (Fsp3) is 0.556. The van der Waals surface area contributed by atoms with Gasteiger partial charge in [0.1, 0.15) is 5.54 Å². The van der Waals surface area contributed by atoms with Crippen LogP contribution in [0.5, 0.6) is 0 Å². The first-order valence-corrected chi connectivity index (χ1v) is 9.05. The van der Waals surface area contributed by atoms with Crippen molar-refractivity contribution in [1.82, 2.24) is 5.32 Å². The van der Waals surface area contributed by atoms with Crippen molar-refractivity contribution >= 4 is 27.8 Å². The highest BCUT2D eigenvalue weighted by Crippen LogP contribution is 2.30. The molecule has 132 valence electrons. The van der Waals surface area contributed by atoms with Crippen molar-refractivity contribution in [3.05, 3.63) is 34.3 Å². The molecular formula is C18H24BrNO4. The van der Waals surface area contributed by atoms with E-state index in [0.717, 1.165) is 22.9 Å². The van der Waals surface area contributed by atoms with E-state index in [1.54, 1.807) is 7.11 Å². The maximum absolute atomic E-state index is 12.8. The maximum atomic E-state index is 12.8. The van der Waals surface area contributed by atoms with Gasteiger partial charge >= 0.3 is 5.97 Å². The Labute approximate surface area is 150 Å². The first-order chi connectivity index (χ1) is 11.5. The van der Waals surface area contributed by atoms with E-state index in [1.165, 1.54) is 0 Å². The number of hydrogen-bond acceptors (Lipinski definition) is 3. The Morgan fingerprint density at radius 2 is 2.08 bits per heavy atom. The lowest BCUT2D eigenvalue weighted by Crippen LogP contribution is -2.54. The lowest BCUT2D eigenvalue weighted by molar-refractivity contribution is -0.148. The molecule has 0 saturated heterocycles. The van der Waals surface area contributed by atoms with E-state index in [1.807, 2.05) is 24.3 Å². The minimum absolute atomic E-state index is 0.198. The van der Waals surface area contributed by atoms with E-state index in [0.29, 0.717) is 32.3 Å². The number of carbonyl (C=O) groups is 2. The third-order valence-corrected chi connectivity index (χ3v) is 5.13. The Morgan fingerprint density at radius 1 is 1.38 bits per heavy atom. The summed E-state index contributed by atoms with van der Waals surface area (Å²) in [6.07, 6.45) is 3.79. The molecule has 0 spiro atoms. The van der Waals surface area contributed by atoms with Gasteiger partial charge in [-0.25, -0.2) is 4.79 Å². The molecule has 1 aliphatic rings. The zero-order valence-electron chi connectivity index (χ0n) is 13.9. The molecule has 1 aromatic carbocycles. The average molecular weight is 398 g/mol. The number of halogens is 1. The highest BCUT2D eigenvalue weighted by atomic mass is 79.9. The Bertz CT molecular complexity index is 584. The summed E-state index contributed by atoms with van der Waals surface area (Å²) >= 11 is 3.44. The number of aliphatic carboxylic acids is 1. The third kappa shape index (κ3) is 4.80. The number of carbonyl (C=O) groups excluding carboxylic acids is 1. The van der Waals surface area contributed by atoms with E-state index in [-0.39, 0.29) is 11.8 Å². The normalized spacial score (nSPS) is 17.4. The van der Waals surface area contributed by atoms with Crippen LogP contribution in [-0.4, -0.2) is 36.2 Å². The fourth-order valence-corrected chi connectivity index (χ4v) is 3.69. The number of nitrogens with one attached hydrogen (secondary N) is 1. The molecule has 1 atom stereocenters. The summed E-state index contributed by atoms with van der Waals surface area (Å²) in [7, 11) is 1.60. The van der Waals surface area contributed by atoms with Gasteiger partial charge in [0.2, 0.25) is 5.91 Å². The van der Waals surface area contributed by atoms with Crippen LogP contribution in [0.2, 0.25) is 0 Å². The van der Waals surface area contributed by atoms with Gasteiger partial charge in [0.15, 0.2) is 0 Å². The molecular weight excluding hydrogens is 374 g/mol. The minimum atomic E-state index is -1.10. The SMILES string of the molecule is COCCC(Cc1cccc(Br)c1)C(=O)NC1(C(=O)O)CCCC1. The van der Waals surface area contributed by atoms with Crippen molar-refractivity contribution in [2.45, 2.75) is 44.1 Å². The van der Waals surface area contributed by atoms with Gasteiger partial charge < -0.3 is 15.2 Å². The lowest BCUT2D eigenvalue weighted by atomic mass is 9.92. The highest BCUT2D eigenvalue weighted by molar-refractivity contribution is 9.10. The summed E-state index contributed by atoms with van der Waals surface area (Å²) in [5, 5.41) is 12.4. The first-order valence-electron chi connectivity index (χ1n) is 8.25. The van der Waals surface area contributed by atoms with Crippen molar-refractivity contribution in [3.8, 4) is 0 Å². The Morgan fingerprint density at radius 3 is 2.67 bits per heavy atom. The number of amides is 1. The number of carboxylic acids is 1. The Balaban J connectivity index is 2.11. The van der Waals surface area contributed by atoms with Crippen molar-refractivity contribution in [2.24, 2.45) is 5.92 Å². The van der Waals surface area contributed by atoms with Crippen molar-refractivity contribution in [1.29, 1.82) is 0 Å². The number of methoxy groups -OCH3 is 1. The van der Waals surface area contributed by atoms with Gasteiger partial charge in [-0.2, -0.15) is 0 Å². The maximum Gasteiger partial charge on any atom is 0.329 e. The molecule has 1 fully saturated rings. The zero-order valence-corrected chi connectivity index (χ0v) is 15.5. The molecule has 1 amide bonds. The molecule has 1 saturated carbocycles. The number of benzene rings is 1. The molecule has 0 aliphatic heterocycles. The molecule has 6 heteroatoms. The molecule has 0 aromatic heterocycles. The molecule has 2 N–H and O–H groups in total. The summed E-state index contributed by atoms with van der Waals surface area (Å²) < 4.78 is 6.08. The van der Waals surface area contributed by atoms with Crippen LogP contribution in [0.3, 0.4) is 0 Å². The molecule has 1 unspecified atom stereocenters. The smallest absolute Gasteiger partial charge is 0.329 e. The number of carboxylic acid groups (broad SMARTS) is 1. The van der Waals surface area contributed by atoms with E-state index in [9.17, 15) is 14.7 Å². The summed E-state index contributed by atoms with van der Waals surface area (Å²) in [6, 6.07) is 7.82. The van der Waals surface area contributed by atoms with Gasteiger partial charge in [0.05, 0.1) is 0 Å². The molecule has 5 nitrogen and oxygen atoms in total. The minimum Gasteiger partial charge on any atom is -0.480 e. The van der Waals surface area contributed by atoms with Crippen LogP contribution >= 0.6 is 15.9 Å². The molecule has 1 aliphatic carbocycles. The molecule has 1 aromatic rings. The van der Waals surface area contributed by atoms with Crippen LogP contribution in [0.15, 0.2) is 28.7 Å². The topological polar surface area (TPSA) is 75.6 Å². The number of ether oxygens (including phenoxy) is 1. The van der Waals surface area contributed by atoms with Crippen LogP contribution in [0.4, 0.5) is 0 Å². The van der Waals surface area contributed by atoms with Crippen LogP contribution in [0, 0.1) is 5.92 Å². The van der Waals surface area contributed by atoms with Crippen molar-refractivity contribution in [3.63, 3.8) is 0 Å². The first kappa shape index (κ1) is 18.9. The van der Waals surface area contributed by atoms with E-state index >= 15 is 0 Å². The largest absolute Gasteiger partial charge is 0.480 e. The molecule has 24 heavy (non-hydrogen) atoms. The molecule has 2 rings (SSSR count). The molecule has 0 bridgehead atoms. The van der Waals surface area contributed by atoms with Gasteiger partial charge in [-0.05, 0) is 43.4 Å². The summed E-state index contributed by atoms with van der Waals surface area (Å²) in [4.78, 5) is 24.4. The van der Waals surface area contributed by atoms with Crippen LogP contribution in [0.25, 0.3) is 0 Å². The predicted molar refractivity (Wildman–Crippen MR) is 94.8 cm³/mol. The van der Waals surface area contributed by atoms with Gasteiger partial charge in [-0.1, -0.05) is 40.9 Å². The second-order valence-corrected chi connectivity index (χ2v) is 7.31. The standard InChI is InChI=1S/C18H24BrNO4/c1-24-10-7-14(11-13-5-4-6-15(19)12-13)16(21)20-18(17(22)23)8-2-3-9-18/h4-6,12,14H,2-3,7-11H2,1H3,(H,20,21)(H,22,23). The summed E-state index contributed by atoms with van der Waals surface area (Å²) in [5.74, 6) is -1.44. The molecule has 0 heterocycles. The molecule has 0 radical (unpaired) electrons.